The molecule has 0 radical (unpaired) electrons. The lowest BCUT2D eigenvalue weighted by Gasteiger charge is -2.09. The molecule has 0 heterocycles. The summed E-state index contributed by atoms with van der Waals surface area (Å²) in [6, 6.07) is 3.65. The van der Waals surface area contributed by atoms with Crippen molar-refractivity contribution in [2.75, 3.05) is 0 Å². The van der Waals surface area contributed by atoms with Crippen LogP contribution in [0.5, 0.6) is 0 Å². The zero-order chi connectivity index (χ0) is 12.0. The van der Waals surface area contributed by atoms with Crippen molar-refractivity contribution in [2.45, 2.75) is 31.8 Å². The van der Waals surface area contributed by atoms with Crippen molar-refractivity contribution >= 4 is 0 Å². The van der Waals surface area contributed by atoms with E-state index in [0.29, 0.717) is 24.8 Å². The van der Waals surface area contributed by atoms with Crippen LogP contribution in [0.25, 0.3) is 0 Å². The fourth-order valence-corrected chi connectivity index (χ4v) is 1.48. The summed E-state index contributed by atoms with van der Waals surface area (Å²) in [4.78, 5) is 0. The second-order valence-corrected chi connectivity index (χ2v) is 3.70. The molecular weight excluding hydrogens is 210 g/mol. The first-order valence-corrected chi connectivity index (χ1v) is 5.19. The van der Waals surface area contributed by atoms with Crippen molar-refractivity contribution in [2.24, 2.45) is 0 Å². The second-order valence-electron chi connectivity index (χ2n) is 3.70. The van der Waals surface area contributed by atoms with Gasteiger partial charge in [0.15, 0.2) is 11.6 Å². The minimum absolute atomic E-state index is 0.321. The average Bonchev–Trinajstić information content (AvgIpc) is 2.24. The van der Waals surface area contributed by atoms with Gasteiger partial charge in [0.25, 0.3) is 0 Å². The molecule has 0 saturated carbocycles. The Bertz CT molecular complexity index is 382. The van der Waals surface area contributed by atoms with E-state index in [4.69, 9.17) is 6.42 Å². The van der Waals surface area contributed by atoms with Gasteiger partial charge in [0.05, 0.1) is 6.10 Å². The molecule has 0 aliphatic heterocycles. The Balaban J connectivity index is 2.47. The lowest BCUT2D eigenvalue weighted by molar-refractivity contribution is 0.162. The molecule has 0 aliphatic carbocycles. The fraction of sp³-hybridized carbons (Fsp3) is 0.385. The number of unbranched alkanes of at least 4 members (excludes halogenated alkanes) is 1. The molecule has 86 valence electrons. The average molecular weight is 224 g/mol. The highest BCUT2D eigenvalue weighted by Gasteiger charge is 2.08. The van der Waals surface area contributed by atoms with Gasteiger partial charge in [0, 0.05) is 6.42 Å². The Labute approximate surface area is 94.1 Å². The summed E-state index contributed by atoms with van der Waals surface area (Å²) in [5.74, 6) is 0.732. The Morgan fingerprint density at radius 2 is 2.06 bits per heavy atom. The maximum absolute atomic E-state index is 12.9. The highest BCUT2D eigenvalue weighted by molar-refractivity contribution is 5.18. The first kappa shape index (κ1) is 12.7. The van der Waals surface area contributed by atoms with Crippen molar-refractivity contribution in [1.29, 1.82) is 0 Å². The van der Waals surface area contributed by atoms with E-state index in [1.165, 1.54) is 6.07 Å². The maximum Gasteiger partial charge on any atom is 0.159 e. The lowest BCUT2D eigenvalue weighted by Crippen LogP contribution is -2.10. The molecule has 16 heavy (non-hydrogen) atoms. The van der Waals surface area contributed by atoms with Crippen LogP contribution in [-0.2, 0) is 6.42 Å². The van der Waals surface area contributed by atoms with E-state index in [-0.39, 0.29) is 0 Å². The number of aliphatic hydroxyl groups is 1. The van der Waals surface area contributed by atoms with E-state index in [2.05, 4.69) is 5.92 Å². The third-order valence-corrected chi connectivity index (χ3v) is 2.31. The minimum Gasteiger partial charge on any atom is -0.393 e. The Morgan fingerprint density at radius 3 is 2.69 bits per heavy atom. The topological polar surface area (TPSA) is 20.2 Å². The molecule has 1 atom stereocenters. The molecular formula is C13H14F2O. The quantitative estimate of drug-likeness (QED) is 0.602. The highest BCUT2D eigenvalue weighted by Crippen LogP contribution is 2.12. The van der Waals surface area contributed by atoms with E-state index in [1.54, 1.807) is 0 Å². The molecule has 1 N–H and O–H groups in total. The van der Waals surface area contributed by atoms with Gasteiger partial charge in [-0.3, -0.25) is 0 Å². The van der Waals surface area contributed by atoms with Crippen LogP contribution in [-0.4, -0.2) is 11.2 Å². The van der Waals surface area contributed by atoms with Crippen LogP contribution in [0.4, 0.5) is 8.78 Å². The van der Waals surface area contributed by atoms with Crippen LogP contribution in [0.1, 0.15) is 24.8 Å². The predicted molar refractivity (Wildman–Crippen MR) is 58.8 cm³/mol. The number of aliphatic hydroxyl groups excluding tert-OH is 1. The van der Waals surface area contributed by atoms with Gasteiger partial charge < -0.3 is 5.11 Å². The summed E-state index contributed by atoms with van der Waals surface area (Å²) in [6.07, 6.45) is 6.77. The van der Waals surface area contributed by atoms with Crippen molar-refractivity contribution < 1.29 is 13.9 Å². The van der Waals surface area contributed by atoms with E-state index in [9.17, 15) is 13.9 Å². The second kappa shape index (κ2) is 6.24. The molecule has 0 aliphatic rings. The Morgan fingerprint density at radius 1 is 1.31 bits per heavy atom. The van der Waals surface area contributed by atoms with Crippen molar-refractivity contribution in [3.63, 3.8) is 0 Å². The summed E-state index contributed by atoms with van der Waals surface area (Å²) in [5, 5.41) is 9.60. The molecule has 0 fully saturated rings. The van der Waals surface area contributed by atoms with Crippen LogP contribution in [0.2, 0.25) is 0 Å². The molecule has 1 nitrogen and oxygen atoms in total. The first-order chi connectivity index (χ1) is 7.63. The molecule has 3 heteroatoms. The number of terminal acetylenes is 1. The molecule has 0 bridgehead atoms. The van der Waals surface area contributed by atoms with Gasteiger partial charge in [0.2, 0.25) is 0 Å². The molecule has 0 spiro atoms. The molecule has 1 aromatic rings. The molecule has 1 aromatic carbocycles. The number of hydrogen-bond acceptors (Lipinski definition) is 1. The van der Waals surface area contributed by atoms with Gasteiger partial charge in [-0.2, -0.15) is 0 Å². The largest absolute Gasteiger partial charge is 0.393 e. The molecule has 0 aromatic heterocycles. The standard InChI is InChI=1S/C13H14F2O/c1-2-3-4-5-11(16)8-10-6-7-12(14)13(15)9-10/h1,6-7,9,11,16H,3-5,8H2. The lowest BCUT2D eigenvalue weighted by atomic mass is 10.0. The summed E-state index contributed by atoms with van der Waals surface area (Å²) in [6.45, 7) is 0. The number of hydrogen-bond donors (Lipinski definition) is 1. The Kier molecular flexibility index (Phi) is 4.94. The van der Waals surface area contributed by atoms with E-state index in [1.807, 2.05) is 0 Å². The summed E-state index contributed by atoms with van der Waals surface area (Å²) in [5.41, 5.74) is 0.590. The van der Waals surface area contributed by atoms with Crippen LogP contribution >= 0.6 is 0 Å². The molecule has 0 amide bonds. The monoisotopic (exact) mass is 224 g/mol. The predicted octanol–water partition coefficient (Wildman–Crippen LogP) is 2.67. The fourth-order valence-electron chi connectivity index (χ4n) is 1.48. The van der Waals surface area contributed by atoms with Gasteiger partial charge >= 0.3 is 0 Å². The third-order valence-electron chi connectivity index (χ3n) is 2.31. The smallest absolute Gasteiger partial charge is 0.159 e. The summed E-state index contributed by atoms with van der Waals surface area (Å²) < 4.78 is 25.5. The van der Waals surface area contributed by atoms with Gasteiger partial charge in [-0.05, 0) is 37.0 Å². The van der Waals surface area contributed by atoms with Gasteiger partial charge in [-0.1, -0.05) is 6.07 Å². The van der Waals surface area contributed by atoms with Crippen LogP contribution in [0.15, 0.2) is 18.2 Å². The molecule has 1 unspecified atom stereocenters. The van der Waals surface area contributed by atoms with E-state index in [0.717, 1.165) is 18.6 Å². The zero-order valence-corrected chi connectivity index (χ0v) is 8.92. The van der Waals surface area contributed by atoms with Crippen molar-refractivity contribution in [3.05, 3.63) is 35.4 Å². The van der Waals surface area contributed by atoms with Crippen molar-refractivity contribution in [1.82, 2.24) is 0 Å². The van der Waals surface area contributed by atoms with Gasteiger partial charge in [0.1, 0.15) is 0 Å². The number of rotatable bonds is 5. The van der Waals surface area contributed by atoms with Crippen LogP contribution < -0.4 is 0 Å². The molecule has 1 rings (SSSR count). The maximum atomic E-state index is 12.9. The third kappa shape index (κ3) is 4.00. The van der Waals surface area contributed by atoms with E-state index >= 15 is 0 Å². The van der Waals surface area contributed by atoms with E-state index < -0.39 is 17.7 Å². The van der Waals surface area contributed by atoms with Gasteiger partial charge in [-0.25, -0.2) is 8.78 Å². The first-order valence-electron chi connectivity index (χ1n) is 5.19. The van der Waals surface area contributed by atoms with Gasteiger partial charge in [-0.15, -0.1) is 12.3 Å². The normalized spacial score (nSPS) is 12.1. The number of halogens is 2. The molecule has 0 saturated heterocycles. The van der Waals surface area contributed by atoms with Crippen LogP contribution in [0, 0.1) is 24.0 Å². The zero-order valence-electron chi connectivity index (χ0n) is 8.92. The van der Waals surface area contributed by atoms with Crippen LogP contribution in [0.3, 0.4) is 0 Å². The van der Waals surface area contributed by atoms with Crippen molar-refractivity contribution in [3.8, 4) is 12.3 Å². The Hall–Kier alpha value is -1.40. The highest BCUT2D eigenvalue weighted by atomic mass is 19.2. The minimum atomic E-state index is -0.881. The summed E-state index contributed by atoms with van der Waals surface area (Å²) in [7, 11) is 0. The number of benzene rings is 1. The SMILES string of the molecule is C#CCCCC(O)Cc1ccc(F)c(F)c1. The summed E-state index contributed by atoms with van der Waals surface area (Å²) >= 11 is 0.